The fourth-order valence-corrected chi connectivity index (χ4v) is 2.66. The quantitative estimate of drug-likeness (QED) is 0.654. The molecule has 12 heavy (non-hydrogen) atoms. The third-order valence-electron chi connectivity index (χ3n) is 1.75. The SMILES string of the molecule is C/C=c1/c(Cl)c(C)s/c1=C/CC. The lowest BCUT2D eigenvalue weighted by atomic mass is 10.3. The van der Waals surface area contributed by atoms with E-state index in [1.54, 1.807) is 11.3 Å². The van der Waals surface area contributed by atoms with Gasteiger partial charge in [0.25, 0.3) is 0 Å². The number of halogens is 1. The second-order valence-electron chi connectivity index (χ2n) is 2.65. The maximum absolute atomic E-state index is 6.11. The summed E-state index contributed by atoms with van der Waals surface area (Å²) in [4.78, 5) is 1.21. The molecule has 0 nitrogen and oxygen atoms in total. The standard InChI is InChI=1S/C10H13ClS/c1-4-6-9-8(5-2)10(11)7(3)12-9/h5-6H,4H2,1-3H3/b8-5+,9-6+. The molecule has 2 heteroatoms. The normalized spacial score (nSPS) is 14.3. The van der Waals surface area contributed by atoms with Gasteiger partial charge in [-0.3, -0.25) is 0 Å². The van der Waals surface area contributed by atoms with Crippen molar-refractivity contribution in [3.63, 3.8) is 0 Å². The van der Waals surface area contributed by atoms with Crippen LogP contribution in [0.25, 0.3) is 12.2 Å². The molecule has 0 N–H and O–H groups in total. The summed E-state index contributed by atoms with van der Waals surface area (Å²) in [7, 11) is 0. The molecule has 0 atom stereocenters. The van der Waals surface area contributed by atoms with Gasteiger partial charge < -0.3 is 0 Å². The molecular formula is C10H13ClS. The highest BCUT2D eigenvalue weighted by molar-refractivity contribution is 7.10. The molecule has 1 heterocycles. The first-order chi connectivity index (χ1) is 5.70. The number of thiophene rings is 1. The largest absolute Gasteiger partial charge is 0.139 e. The minimum Gasteiger partial charge on any atom is -0.139 e. The van der Waals surface area contributed by atoms with E-state index in [1.165, 1.54) is 14.6 Å². The van der Waals surface area contributed by atoms with E-state index in [9.17, 15) is 0 Å². The van der Waals surface area contributed by atoms with Gasteiger partial charge in [0.1, 0.15) is 0 Å². The molecule has 0 saturated heterocycles. The first-order valence-corrected chi connectivity index (χ1v) is 5.31. The van der Waals surface area contributed by atoms with Gasteiger partial charge in [-0.2, -0.15) is 0 Å². The lowest BCUT2D eigenvalue weighted by Gasteiger charge is -1.81. The van der Waals surface area contributed by atoms with E-state index in [0.717, 1.165) is 11.4 Å². The topological polar surface area (TPSA) is 0 Å². The Morgan fingerprint density at radius 3 is 2.67 bits per heavy atom. The van der Waals surface area contributed by atoms with Crippen LogP contribution in [0.2, 0.25) is 5.02 Å². The lowest BCUT2D eigenvalue weighted by molar-refractivity contribution is 1.29. The molecule has 0 aliphatic heterocycles. The minimum atomic E-state index is 0.919. The van der Waals surface area contributed by atoms with E-state index in [-0.39, 0.29) is 0 Å². The van der Waals surface area contributed by atoms with Crippen molar-refractivity contribution >= 4 is 35.1 Å². The summed E-state index contributed by atoms with van der Waals surface area (Å²) in [6.07, 6.45) is 5.36. The molecule has 1 aromatic rings. The van der Waals surface area contributed by atoms with Gasteiger partial charge >= 0.3 is 0 Å². The summed E-state index contributed by atoms with van der Waals surface area (Å²) in [5.74, 6) is 0. The van der Waals surface area contributed by atoms with Crippen LogP contribution in [0.5, 0.6) is 0 Å². The Hall–Kier alpha value is -0.270. The minimum absolute atomic E-state index is 0.919. The Labute approximate surface area is 82.2 Å². The van der Waals surface area contributed by atoms with E-state index in [2.05, 4.69) is 26.0 Å². The summed E-state index contributed by atoms with van der Waals surface area (Å²) < 4.78 is 1.31. The monoisotopic (exact) mass is 200 g/mol. The van der Waals surface area contributed by atoms with Crippen LogP contribution in [0, 0.1) is 6.92 Å². The Morgan fingerprint density at radius 2 is 2.17 bits per heavy atom. The zero-order valence-electron chi connectivity index (χ0n) is 7.65. The summed E-state index contributed by atoms with van der Waals surface area (Å²) in [5, 5.41) is 2.11. The highest BCUT2D eigenvalue weighted by atomic mass is 35.5. The van der Waals surface area contributed by atoms with Crippen LogP contribution < -0.4 is 9.75 Å². The molecule has 66 valence electrons. The summed E-state index contributed by atoms with van der Waals surface area (Å²) in [6, 6.07) is 0. The molecule has 0 radical (unpaired) electrons. The van der Waals surface area contributed by atoms with Crippen molar-refractivity contribution in [3.05, 3.63) is 19.7 Å². The first kappa shape index (κ1) is 9.82. The predicted molar refractivity (Wildman–Crippen MR) is 58.2 cm³/mol. The fourth-order valence-electron chi connectivity index (χ4n) is 1.17. The highest BCUT2D eigenvalue weighted by Crippen LogP contribution is 2.11. The Morgan fingerprint density at radius 1 is 1.50 bits per heavy atom. The summed E-state index contributed by atoms with van der Waals surface area (Å²) in [6.45, 7) is 6.23. The molecule has 0 aliphatic carbocycles. The zero-order valence-corrected chi connectivity index (χ0v) is 9.22. The van der Waals surface area contributed by atoms with Crippen molar-refractivity contribution < 1.29 is 0 Å². The fraction of sp³-hybridized carbons (Fsp3) is 0.400. The number of hydrogen-bond acceptors (Lipinski definition) is 1. The van der Waals surface area contributed by atoms with Crippen LogP contribution in [0.3, 0.4) is 0 Å². The Balaban J connectivity index is 3.52. The lowest BCUT2D eigenvalue weighted by Crippen LogP contribution is -2.17. The Kier molecular flexibility index (Phi) is 3.36. The van der Waals surface area contributed by atoms with Gasteiger partial charge in [0.05, 0.1) is 5.02 Å². The molecule has 0 amide bonds. The molecule has 0 saturated carbocycles. The molecule has 0 fully saturated rings. The van der Waals surface area contributed by atoms with Crippen LogP contribution in [0.1, 0.15) is 25.1 Å². The van der Waals surface area contributed by atoms with Crippen molar-refractivity contribution in [1.82, 2.24) is 0 Å². The van der Waals surface area contributed by atoms with E-state index in [4.69, 9.17) is 11.6 Å². The summed E-state index contributed by atoms with van der Waals surface area (Å²) in [5.41, 5.74) is 0. The smallest absolute Gasteiger partial charge is 0.0617 e. The summed E-state index contributed by atoms with van der Waals surface area (Å²) >= 11 is 7.88. The molecule has 0 unspecified atom stereocenters. The van der Waals surface area contributed by atoms with Gasteiger partial charge in [0.2, 0.25) is 0 Å². The van der Waals surface area contributed by atoms with Crippen molar-refractivity contribution in [2.45, 2.75) is 27.2 Å². The van der Waals surface area contributed by atoms with Gasteiger partial charge in [0.15, 0.2) is 0 Å². The van der Waals surface area contributed by atoms with Crippen molar-refractivity contribution in [3.8, 4) is 0 Å². The molecule has 0 spiro atoms. The molecule has 0 aromatic carbocycles. The average molecular weight is 201 g/mol. The second kappa shape index (κ2) is 4.11. The Bertz CT molecular complexity index is 373. The number of rotatable bonds is 1. The zero-order chi connectivity index (χ0) is 9.14. The predicted octanol–water partition coefficient (Wildman–Crippen LogP) is 2.70. The van der Waals surface area contributed by atoms with Crippen LogP contribution in [-0.4, -0.2) is 0 Å². The number of hydrogen-bond donors (Lipinski definition) is 0. The molecule has 0 aliphatic rings. The first-order valence-electron chi connectivity index (χ1n) is 4.12. The van der Waals surface area contributed by atoms with E-state index >= 15 is 0 Å². The van der Waals surface area contributed by atoms with Crippen LogP contribution in [0.15, 0.2) is 0 Å². The number of aryl methyl sites for hydroxylation is 1. The molecule has 1 rings (SSSR count). The molecule has 1 aromatic heterocycles. The van der Waals surface area contributed by atoms with E-state index in [0.29, 0.717) is 0 Å². The van der Waals surface area contributed by atoms with Crippen LogP contribution in [-0.2, 0) is 0 Å². The average Bonchev–Trinajstić information content (AvgIpc) is 2.29. The van der Waals surface area contributed by atoms with Crippen molar-refractivity contribution in [2.75, 3.05) is 0 Å². The van der Waals surface area contributed by atoms with E-state index < -0.39 is 0 Å². The van der Waals surface area contributed by atoms with Gasteiger partial charge in [-0.25, -0.2) is 0 Å². The van der Waals surface area contributed by atoms with Gasteiger partial charge in [0, 0.05) is 14.6 Å². The van der Waals surface area contributed by atoms with E-state index in [1.807, 2.05) is 6.92 Å². The van der Waals surface area contributed by atoms with Crippen LogP contribution in [0.4, 0.5) is 0 Å². The van der Waals surface area contributed by atoms with Crippen LogP contribution >= 0.6 is 22.9 Å². The second-order valence-corrected chi connectivity index (χ2v) is 4.29. The van der Waals surface area contributed by atoms with Crippen molar-refractivity contribution in [1.29, 1.82) is 0 Å². The maximum atomic E-state index is 6.11. The van der Waals surface area contributed by atoms with Crippen molar-refractivity contribution in [2.24, 2.45) is 0 Å². The highest BCUT2D eigenvalue weighted by Gasteiger charge is 2.00. The maximum Gasteiger partial charge on any atom is 0.0617 e. The van der Waals surface area contributed by atoms with Gasteiger partial charge in [-0.05, 0) is 20.3 Å². The molecule has 0 bridgehead atoms. The molecular weight excluding hydrogens is 188 g/mol. The third-order valence-corrected chi connectivity index (χ3v) is 3.47. The third kappa shape index (κ3) is 1.73. The van der Waals surface area contributed by atoms with Gasteiger partial charge in [-0.15, -0.1) is 11.3 Å². The van der Waals surface area contributed by atoms with Gasteiger partial charge in [-0.1, -0.05) is 30.7 Å².